The van der Waals surface area contributed by atoms with Gasteiger partial charge in [-0.3, -0.25) is 9.69 Å². The first-order valence-electron chi connectivity index (χ1n) is 10.0. The van der Waals surface area contributed by atoms with Crippen LogP contribution in [-0.4, -0.2) is 37.2 Å². The van der Waals surface area contributed by atoms with Crippen LogP contribution < -0.4 is 5.56 Å². The van der Waals surface area contributed by atoms with Gasteiger partial charge in [0.1, 0.15) is 5.82 Å². The number of likely N-dealkylation sites (tertiary alicyclic amines) is 1. The number of fused-ring (bicyclic) bond motifs is 2. The molecular formula is C21H25N5O. The molecule has 2 aliphatic rings. The van der Waals surface area contributed by atoms with E-state index in [0.717, 1.165) is 66.9 Å². The average Bonchev–Trinajstić information content (AvgIpc) is 3.29. The van der Waals surface area contributed by atoms with Crippen LogP contribution in [-0.2, 0) is 25.9 Å². The van der Waals surface area contributed by atoms with E-state index in [1.807, 2.05) is 24.3 Å². The third-order valence-electron chi connectivity index (χ3n) is 5.95. The van der Waals surface area contributed by atoms with Crippen LogP contribution in [0.3, 0.4) is 0 Å². The van der Waals surface area contributed by atoms with Crippen molar-refractivity contribution in [2.24, 2.45) is 0 Å². The van der Waals surface area contributed by atoms with E-state index < -0.39 is 0 Å². The summed E-state index contributed by atoms with van der Waals surface area (Å²) in [6, 6.07) is 10.3. The Hall–Kier alpha value is -2.47. The second-order valence-corrected chi connectivity index (χ2v) is 7.81. The maximum Gasteiger partial charge on any atom is 0.267 e. The summed E-state index contributed by atoms with van der Waals surface area (Å²) < 4.78 is 1.70. The quantitative estimate of drug-likeness (QED) is 0.774. The Morgan fingerprint density at radius 1 is 1.15 bits per heavy atom. The molecule has 1 saturated heterocycles. The molecule has 5 rings (SSSR count). The standard InChI is InChI=1S/C21H25N5O/c27-21-12-15-6-1-2-8-17(15)24-26(21)13-16-7-5-11-25(16)14-20-22-18-9-3-4-10-19(18)23-20/h3-4,9-10,12,16H,1-2,5-8,11,13-14H2,(H,22,23). The third-order valence-corrected chi connectivity index (χ3v) is 5.95. The van der Waals surface area contributed by atoms with E-state index in [0.29, 0.717) is 12.6 Å². The summed E-state index contributed by atoms with van der Waals surface area (Å²) in [5.41, 5.74) is 4.42. The smallest absolute Gasteiger partial charge is 0.267 e. The Morgan fingerprint density at radius 2 is 2.04 bits per heavy atom. The lowest BCUT2D eigenvalue weighted by atomic mass is 9.97. The Bertz CT molecular complexity index is 988. The number of hydrogen-bond donors (Lipinski definition) is 1. The first kappa shape index (κ1) is 16.7. The fraction of sp³-hybridized carbons (Fsp3) is 0.476. The van der Waals surface area contributed by atoms with E-state index in [2.05, 4.69) is 16.0 Å². The van der Waals surface area contributed by atoms with Gasteiger partial charge in [0.15, 0.2) is 0 Å². The minimum absolute atomic E-state index is 0.0474. The summed E-state index contributed by atoms with van der Waals surface area (Å²) in [5.74, 6) is 0.994. The highest BCUT2D eigenvalue weighted by atomic mass is 16.1. The number of aryl methyl sites for hydroxylation is 2. The van der Waals surface area contributed by atoms with Crippen LogP contribution in [0.15, 0.2) is 35.1 Å². The minimum atomic E-state index is 0.0474. The Morgan fingerprint density at radius 3 is 2.96 bits per heavy atom. The van der Waals surface area contributed by atoms with E-state index in [-0.39, 0.29) is 5.56 Å². The number of benzene rings is 1. The Kier molecular flexibility index (Phi) is 4.28. The Balaban J connectivity index is 1.35. The number of aromatic amines is 1. The van der Waals surface area contributed by atoms with E-state index in [9.17, 15) is 4.79 Å². The first-order chi connectivity index (χ1) is 13.3. The molecule has 140 valence electrons. The molecule has 0 spiro atoms. The summed E-state index contributed by atoms with van der Waals surface area (Å²) >= 11 is 0. The second-order valence-electron chi connectivity index (χ2n) is 7.81. The average molecular weight is 363 g/mol. The molecule has 2 aromatic heterocycles. The number of nitrogens with zero attached hydrogens (tertiary/aromatic N) is 4. The summed E-state index contributed by atoms with van der Waals surface area (Å²) in [6.45, 7) is 2.51. The van der Waals surface area contributed by atoms with Gasteiger partial charge in [0, 0.05) is 12.1 Å². The molecule has 0 radical (unpaired) electrons. The normalized spacial score (nSPS) is 20.2. The van der Waals surface area contributed by atoms with Crippen molar-refractivity contribution in [1.82, 2.24) is 24.6 Å². The number of nitrogens with one attached hydrogen (secondary N) is 1. The minimum Gasteiger partial charge on any atom is -0.341 e. The monoisotopic (exact) mass is 363 g/mol. The van der Waals surface area contributed by atoms with Crippen molar-refractivity contribution in [3.63, 3.8) is 0 Å². The molecule has 1 aliphatic carbocycles. The molecule has 6 heteroatoms. The van der Waals surface area contributed by atoms with Crippen LogP contribution in [0, 0.1) is 0 Å². The highest BCUT2D eigenvalue weighted by molar-refractivity contribution is 5.74. The second kappa shape index (κ2) is 6.93. The maximum atomic E-state index is 12.5. The van der Waals surface area contributed by atoms with Gasteiger partial charge in [0.05, 0.1) is 29.8 Å². The summed E-state index contributed by atoms with van der Waals surface area (Å²) in [6.07, 6.45) is 6.62. The molecule has 0 amide bonds. The maximum absolute atomic E-state index is 12.5. The van der Waals surface area contributed by atoms with Crippen LogP contribution in [0.25, 0.3) is 11.0 Å². The van der Waals surface area contributed by atoms with Gasteiger partial charge in [0.2, 0.25) is 0 Å². The van der Waals surface area contributed by atoms with Crippen molar-refractivity contribution in [1.29, 1.82) is 0 Å². The molecule has 0 bridgehead atoms. The van der Waals surface area contributed by atoms with Gasteiger partial charge in [-0.25, -0.2) is 9.67 Å². The summed E-state index contributed by atoms with van der Waals surface area (Å²) in [4.78, 5) is 23.1. The molecule has 1 unspecified atom stereocenters. The van der Waals surface area contributed by atoms with Gasteiger partial charge in [-0.05, 0) is 62.8 Å². The first-order valence-corrected chi connectivity index (χ1v) is 10.0. The number of H-pyrrole nitrogens is 1. The molecule has 1 fully saturated rings. The zero-order chi connectivity index (χ0) is 18.2. The van der Waals surface area contributed by atoms with E-state index >= 15 is 0 Å². The van der Waals surface area contributed by atoms with Crippen LogP contribution in [0.4, 0.5) is 0 Å². The van der Waals surface area contributed by atoms with Crippen LogP contribution in [0.5, 0.6) is 0 Å². The third kappa shape index (κ3) is 3.30. The molecule has 1 N–H and O–H groups in total. The fourth-order valence-corrected chi connectivity index (χ4v) is 4.51. The zero-order valence-corrected chi connectivity index (χ0v) is 15.5. The molecule has 0 saturated carbocycles. The lowest BCUT2D eigenvalue weighted by Gasteiger charge is -2.24. The highest BCUT2D eigenvalue weighted by Gasteiger charge is 2.27. The number of rotatable bonds is 4. The lowest BCUT2D eigenvalue weighted by Crippen LogP contribution is -2.37. The van der Waals surface area contributed by atoms with E-state index in [1.54, 1.807) is 4.68 Å². The number of hydrogen-bond acceptors (Lipinski definition) is 4. The van der Waals surface area contributed by atoms with Gasteiger partial charge >= 0.3 is 0 Å². The SMILES string of the molecule is O=c1cc2c(nn1CC1CCCN1Cc1nc3ccccc3[nH]1)CCCC2. The molecular weight excluding hydrogens is 338 g/mol. The zero-order valence-electron chi connectivity index (χ0n) is 15.5. The Labute approximate surface area is 158 Å². The van der Waals surface area contributed by atoms with Crippen molar-refractivity contribution in [2.75, 3.05) is 6.54 Å². The van der Waals surface area contributed by atoms with Crippen molar-refractivity contribution >= 4 is 11.0 Å². The van der Waals surface area contributed by atoms with Crippen LogP contribution >= 0.6 is 0 Å². The van der Waals surface area contributed by atoms with Gasteiger partial charge in [0.25, 0.3) is 5.56 Å². The molecule has 3 aromatic rings. The summed E-state index contributed by atoms with van der Waals surface area (Å²) in [5, 5.41) is 4.71. The van der Waals surface area contributed by atoms with Crippen molar-refractivity contribution in [3.8, 4) is 0 Å². The van der Waals surface area contributed by atoms with Crippen molar-refractivity contribution in [3.05, 3.63) is 57.8 Å². The van der Waals surface area contributed by atoms with Crippen LogP contribution in [0.1, 0.15) is 42.8 Å². The van der Waals surface area contributed by atoms with Gasteiger partial charge in [-0.1, -0.05) is 12.1 Å². The molecule has 6 nitrogen and oxygen atoms in total. The highest BCUT2D eigenvalue weighted by Crippen LogP contribution is 2.22. The van der Waals surface area contributed by atoms with Gasteiger partial charge < -0.3 is 4.98 Å². The lowest BCUT2D eigenvalue weighted by molar-refractivity contribution is 0.212. The number of para-hydroxylation sites is 2. The van der Waals surface area contributed by atoms with Crippen LogP contribution in [0.2, 0.25) is 0 Å². The molecule has 3 heterocycles. The largest absolute Gasteiger partial charge is 0.341 e. The van der Waals surface area contributed by atoms with Gasteiger partial charge in [-0.15, -0.1) is 0 Å². The topological polar surface area (TPSA) is 66.8 Å². The predicted octanol–water partition coefficient (Wildman–Crippen LogP) is 2.66. The molecule has 1 aliphatic heterocycles. The number of aromatic nitrogens is 4. The van der Waals surface area contributed by atoms with Gasteiger partial charge in [-0.2, -0.15) is 5.10 Å². The van der Waals surface area contributed by atoms with Crippen molar-refractivity contribution < 1.29 is 0 Å². The molecule has 1 atom stereocenters. The molecule has 27 heavy (non-hydrogen) atoms. The molecule has 1 aromatic carbocycles. The van der Waals surface area contributed by atoms with Crippen molar-refractivity contribution in [2.45, 2.75) is 57.7 Å². The fourth-order valence-electron chi connectivity index (χ4n) is 4.51. The number of imidazole rings is 1. The summed E-state index contributed by atoms with van der Waals surface area (Å²) in [7, 11) is 0. The van der Waals surface area contributed by atoms with E-state index in [4.69, 9.17) is 10.1 Å². The predicted molar refractivity (Wildman–Crippen MR) is 105 cm³/mol. The van der Waals surface area contributed by atoms with E-state index in [1.165, 1.54) is 12.8 Å².